The molecule has 0 saturated carbocycles. The lowest BCUT2D eigenvalue weighted by molar-refractivity contribution is -0.132. The first-order valence-corrected chi connectivity index (χ1v) is 9.70. The van der Waals surface area contributed by atoms with Crippen molar-refractivity contribution in [2.45, 2.75) is 25.8 Å². The van der Waals surface area contributed by atoms with Crippen LogP contribution in [0.25, 0.3) is 11.0 Å². The number of fused-ring (bicyclic) bond motifs is 2. The third kappa shape index (κ3) is 3.97. The molecule has 0 fully saturated rings. The van der Waals surface area contributed by atoms with Crippen LogP contribution in [0.5, 0.6) is 11.5 Å². The quantitative estimate of drug-likeness (QED) is 0.581. The lowest BCUT2D eigenvalue weighted by Crippen LogP contribution is -2.29. The van der Waals surface area contributed by atoms with E-state index in [9.17, 15) is 9.59 Å². The Morgan fingerprint density at radius 3 is 2.55 bits per heavy atom. The predicted octanol–water partition coefficient (Wildman–Crippen LogP) is 4.39. The normalized spacial score (nSPS) is 13.9. The third-order valence-corrected chi connectivity index (χ3v) is 5.26. The van der Waals surface area contributed by atoms with Gasteiger partial charge in [0.25, 0.3) is 0 Å². The summed E-state index contributed by atoms with van der Waals surface area (Å²) in [7, 11) is 1.73. The van der Waals surface area contributed by atoms with Gasteiger partial charge < -0.3 is 18.8 Å². The molecule has 6 nitrogen and oxygen atoms in total. The first-order valence-electron chi connectivity index (χ1n) is 9.70. The summed E-state index contributed by atoms with van der Waals surface area (Å²) >= 11 is 0. The number of para-hydroxylation sites is 1. The van der Waals surface area contributed by atoms with Gasteiger partial charge in [-0.1, -0.05) is 18.2 Å². The molecule has 1 unspecified atom stereocenters. The van der Waals surface area contributed by atoms with Gasteiger partial charge in [0.15, 0.2) is 17.3 Å². The van der Waals surface area contributed by atoms with Gasteiger partial charge in [-0.3, -0.25) is 9.59 Å². The second kappa shape index (κ2) is 7.99. The maximum atomic E-state index is 12.6. The highest BCUT2D eigenvalue weighted by molar-refractivity contribution is 5.98. The summed E-state index contributed by atoms with van der Waals surface area (Å²) < 4.78 is 16.9. The summed E-state index contributed by atoms with van der Waals surface area (Å²) in [5.74, 6) is 1.73. The summed E-state index contributed by atoms with van der Waals surface area (Å²) in [5.41, 5.74) is 1.32. The third-order valence-electron chi connectivity index (χ3n) is 5.26. The highest BCUT2D eigenvalue weighted by atomic mass is 16.6. The molecule has 0 N–H and O–H groups in total. The number of amides is 1. The first-order chi connectivity index (χ1) is 14.0. The summed E-state index contributed by atoms with van der Waals surface area (Å²) in [6, 6.07) is 14.6. The number of hydrogen-bond donors (Lipinski definition) is 0. The van der Waals surface area contributed by atoms with Crippen molar-refractivity contribution in [3.63, 3.8) is 0 Å². The van der Waals surface area contributed by atoms with E-state index in [1.54, 1.807) is 30.1 Å². The fourth-order valence-electron chi connectivity index (χ4n) is 3.37. The lowest BCUT2D eigenvalue weighted by Gasteiger charge is -2.23. The highest BCUT2D eigenvalue weighted by Gasteiger charge is 2.22. The largest absolute Gasteiger partial charge is 0.486 e. The molecule has 0 aliphatic carbocycles. The fourth-order valence-corrected chi connectivity index (χ4v) is 3.37. The number of benzene rings is 2. The van der Waals surface area contributed by atoms with Crippen LogP contribution in [0.4, 0.5) is 0 Å². The van der Waals surface area contributed by atoms with Gasteiger partial charge in [-0.25, -0.2) is 0 Å². The fraction of sp³-hybridized carbons (Fsp3) is 0.304. The second-order valence-corrected chi connectivity index (χ2v) is 7.15. The van der Waals surface area contributed by atoms with Crippen LogP contribution in [0.2, 0.25) is 0 Å². The van der Waals surface area contributed by atoms with E-state index in [-0.39, 0.29) is 30.6 Å². The van der Waals surface area contributed by atoms with Crippen molar-refractivity contribution in [1.29, 1.82) is 0 Å². The smallest absolute Gasteiger partial charge is 0.223 e. The van der Waals surface area contributed by atoms with Crippen LogP contribution in [0.15, 0.2) is 52.9 Å². The summed E-state index contributed by atoms with van der Waals surface area (Å²) in [6.07, 6.45) is 0.268. The molecule has 4 rings (SSSR count). The second-order valence-electron chi connectivity index (χ2n) is 7.15. The number of carbonyl (C=O) groups excluding carboxylic acids is 2. The van der Waals surface area contributed by atoms with Crippen LogP contribution in [0, 0.1) is 0 Å². The van der Waals surface area contributed by atoms with E-state index < -0.39 is 0 Å². The first kappa shape index (κ1) is 19.1. The zero-order valence-corrected chi connectivity index (χ0v) is 16.5. The van der Waals surface area contributed by atoms with Crippen LogP contribution >= 0.6 is 0 Å². The topological polar surface area (TPSA) is 69.0 Å². The molecule has 1 amide bonds. The Bertz CT molecular complexity index is 1020. The number of furan rings is 1. The SMILES string of the molecule is CC(c1cc2ccccc2o1)N(C)C(=O)CCC(=O)c1ccc2c(c1)OCCO2. The molecule has 0 bridgehead atoms. The van der Waals surface area contributed by atoms with Gasteiger partial charge in [-0.2, -0.15) is 0 Å². The van der Waals surface area contributed by atoms with E-state index in [1.807, 2.05) is 37.3 Å². The average molecular weight is 393 g/mol. The van der Waals surface area contributed by atoms with Crippen LogP contribution in [-0.2, 0) is 4.79 Å². The Balaban J connectivity index is 1.37. The Hall–Kier alpha value is -3.28. The molecule has 2 aromatic carbocycles. The van der Waals surface area contributed by atoms with Crippen molar-refractivity contribution in [3.05, 3.63) is 59.9 Å². The van der Waals surface area contributed by atoms with Gasteiger partial charge in [0.2, 0.25) is 5.91 Å². The number of nitrogens with zero attached hydrogens (tertiary/aromatic N) is 1. The van der Waals surface area contributed by atoms with Crippen molar-refractivity contribution < 1.29 is 23.5 Å². The van der Waals surface area contributed by atoms with Gasteiger partial charge in [0, 0.05) is 30.8 Å². The monoisotopic (exact) mass is 393 g/mol. The maximum absolute atomic E-state index is 12.6. The molecule has 1 aliphatic rings. The van der Waals surface area contributed by atoms with Gasteiger partial charge >= 0.3 is 0 Å². The molecule has 0 saturated heterocycles. The molecule has 150 valence electrons. The number of carbonyl (C=O) groups is 2. The molecule has 3 aromatic rings. The Morgan fingerprint density at radius 2 is 1.76 bits per heavy atom. The molecule has 1 atom stereocenters. The number of ether oxygens (including phenoxy) is 2. The van der Waals surface area contributed by atoms with Crippen molar-refractivity contribution in [1.82, 2.24) is 4.90 Å². The van der Waals surface area contributed by atoms with Crippen LogP contribution in [0.1, 0.15) is 41.9 Å². The van der Waals surface area contributed by atoms with Gasteiger partial charge in [0.1, 0.15) is 24.6 Å². The van der Waals surface area contributed by atoms with E-state index in [2.05, 4.69) is 0 Å². The minimum atomic E-state index is -0.223. The molecule has 1 aliphatic heterocycles. The van der Waals surface area contributed by atoms with Crippen molar-refractivity contribution in [3.8, 4) is 11.5 Å². The molecule has 1 aromatic heterocycles. The summed E-state index contributed by atoms with van der Waals surface area (Å²) in [6.45, 7) is 2.89. The Morgan fingerprint density at radius 1 is 1.00 bits per heavy atom. The zero-order chi connectivity index (χ0) is 20.4. The molecular formula is C23H23NO5. The predicted molar refractivity (Wildman–Crippen MR) is 108 cm³/mol. The lowest BCUT2D eigenvalue weighted by atomic mass is 10.0. The van der Waals surface area contributed by atoms with Crippen molar-refractivity contribution >= 4 is 22.7 Å². The van der Waals surface area contributed by atoms with Gasteiger partial charge in [-0.15, -0.1) is 0 Å². The molecule has 0 spiro atoms. The highest BCUT2D eigenvalue weighted by Crippen LogP contribution is 2.31. The van der Waals surface area contributed by atoms with E-state index in [4.69, 9.17) is 13.9 Å². The summed E-state index contributed by atoms with van der Waals surface area (Å²) in [4.78, 5) is 26.8. The Labute approximate surface area is 169 Å². The van der Waals surface area contributed by atoms with E-state index in [0.717, 1.165) is 16.7 Å². The van der Waals surface area contributed by atoms with Crippen LogP contribution in [0.3, 0.4) is 0 Å². The number of Topliss-reactive ketones (excluding diaryl/α,β-unsaturated/α-hetero) is 1. The standard InChI is InChI=1S/C23H23NO5/c1-15(21-14-17-5-3-4-6-19(17)29-21)24(2)23(26)10-8-18(25)16-7-9-20-22(13-16)28-12-11-27-20/h3-7,9,13-15H,8,10-12H2,1-2H3. The van der Waals surface area contributed by atoms with E-state index >= 15 is 0 Å². The zero-order valence-electron chi connectivity index (χ0n) is 16.5. The van der Waals surface area contributed by atoms with Gasteiger partial charge in [0.05, 0.1) is 6.04 Å². The van der Waals surface area contributed by atoms with Crippen LogP contribution < -0.4 is 9.47 Å². The van der Waals surface area contributed by atoms with Crippen LogP contribution in [-0.4, -0.2) is 36.9 Å². The molecular weight excluding hydrogens is 370 g/mol. The number of ketones is 1. The molecule has 2 heterocycles. The van der Waals surface area contributed by atoms with Gasteiger partial charge in [-0.05, 0) is 37.3 Å². The minimum absolute atomic E-state index is 0.0971. The molecule has 29 heavy (non-hydrogen) atoms. The maximum Gasteiger partial charge on any atom is 0.223 e. The summed E-state index contributed by atoms with van der Waals surface area (Å²) in [5, 5.41) is 1.00. The minimum Gasteiger partial charge on any atom is -0.486 e. The van der Waals surface area contributed by atoms with E-state index in [0.29, 0.717) is 30.3 Å². The number of rotatable bonds is 6. The molecule has 0 radical (unpaired) electrons. The van der Waals surface area contributed by atoms with Crippen molar-refractivity contribution in [2.75, 3.05) is 20.3 Å². The molecule has 6 heteroatoms. The van der Waals surface area contributed by atoms with E-state index in [1.165, 1.54) is 0 Å². The average Bonchev–Trinajstić information content (AvgIpc) is 3.20. The Kier molecular flexibility index (Phi) is 5.25. The van der Waals surface area contributed by atoms with Crippen molar-refractivity contribution in [2.24, 2.45) is 0 Å². The number of hydrogen-bond acceptors (Lipinski definition) is 5.